The highest BCUT2D eigenvalue weighted by Crippen LogP contribution is 2.46. The molecule has 2 fully saturated rings. The summed E-state index contributed by atoms with van der Waals surface area (Å²) in [6.45, 7) is 2.40. The highest BCUT2D eigenvalue weighted by Gasteiger charge is 2.48. The first-order valence-electron chi connectivity index (χ1n) is 5.52. The lowest BCUT2D eigenvalue weighted by Gasteiger charge is -2.37. The number of esters is 1. The Morgan fingerprint density at radius 1 is 1.47 bits per heavy atom. The van der Waals surface area contributed by atoms with Gasteiger partial charge >= 0.3 is 5.97 Å². The molecule has 0 bridgehead atoms. The quantitative estimate of drug-likeness (QED) is 0.655. The zero-order valence-electron chi connectivity index (χ0n) is 9.18. The maximum absolute atomic E-state index is 11.5. The van der Waals surface area contributed by atoms with Crippen molar-refractivity contribution in [2.75, 3.05) is 13.7 Å². The van der Waals surface area contributed by atoms with E-state index < -0.39 is 6.29 Å². The van der Waals surface area contributed by atoms with Crippen LogP contribution in [-0.4, -0.2) is 31.1 Å². The Hall–Kier alpha value is -0.610. The molecule has 86 valence electrons. The number of carbonyl (C=O) groups is 1. The third-order valence-electron chi connectivity index (χ3n) is 3.90. The fourth-order valence-corrected chi connectivity index (χ4v) is 3.06. The van der Waals surface area contributed by atoms with Gasteiger partial charge in [-0.3, -0.25) is 4.79 Å². The smallest absolute Gasteiger partial charge is 0.311 e. The predicted octanol–water partition coefficient (Wildman–Crippen LogP) is 0.786. The van der Waals surface area contributed by atoms with Crippen LogP contribution in [0.2, 0.25) is 0 Å². The summed E-state index contributed by atoms with van der Waals surface area (Å²) in [4.78, 5) is 11.5. The number of rotatable bonds is 1. The number of ether oxygens (including phenoxy) is 2. The van der Waals surface area contributed by atoms with Gasteiger partial charge in [0.25, 0.3) is 0 Å². The molecule has 0 aromatic heterocycles. The summed E-state index contributed by atoms with van der Waals surface area (Å²) in [5.41, 5.74) is 0. The lowest BCUT2D eigenvalue weighted by molar-refractivity contribution is -0.205. The maximum Gasteiger partial charge on any atom is 0.311 e. The van der Waals surface area contributed by atoms with Crippen LogP contribution in [0.4, 0.5) is 0 Å². The predicted molar refractivity (Wildman–Crippen MR) is 52.8 cm³/mol. The van der Waals surface area contributed by atoms with Crippen molar-refractivity contribution in [3.8, 4) is 0 Å². The standard InChI is InChI=1S/C11H18O4/c1-6-3-4-7-8(10(12)14-2)5-15-11(13)9(6)7/h6-9,11,13H,3-5H2,1-2H3/t6-,7+,8?,9+,11?/m0/s1. The molecule has 0 amide bonds. The molecule has 1 aliphatic carbocycles. The third kappa shape index (κ3) is 1.76. The summed E-state index contributed by atoms with van der Waals surface area (Å²) in [5.74, 6) is 0.371. The fraction of sp³-hybridized carbons (Fsp3) is 0.909. The summed E-state index contributed by atoms with van der Waals surface area (Å²) in [5, 5.41) is 9.75. The average molecular weight is 214 g/mol. The second kappa shape index (κ2) is 4.10. The van der Waals surface area contributed by atoms with Crippen molar-refractivity contribution in [3.63, 3.8) is 0 Å². The van der Waals surface area contributed by atoms with Crippen LogP contribution in [-0.2, 0) is 14.3 Å². The summed E-state index contributed by atoms with van der Waals surface area (Å²) in [6.07, 6.45) is 1.35. The molecule has 2 rings (SSSR count). The van der Waals surface area contributed by atoms with Crippen LogP contribution < -0.4 is 0 Å². The second-order valence-electron chi connectivity index (χ2n) is 4.65. The minimum atomic E-state index is -0.701. The Balaban J connectivity index is 2.14. The van der Waals surface area contributed by atoms with Crippen molar-refractivity contribution in [2.24, 2.45) is 23.7 Å². The van der Waals surface area contributed by atoms with E-state index >= 15 is 0 Å². The minimum absolute atomic E-state index is 0.0999. The van der Waals surface area contributed by atoms with Crippen molar-refractivity contribution in [1.82, 2.24) is 0 Å². The molecular formula is C11H18O4. The molecule has 1 saturated heterocycles. The monoisotopic (exact) mass is 214 g/mol. The summed E-state index contributed by atoms with van der Waals surface area (Å²) in [7, 11) is 1.40. The zero-order valence-corrected chi connectivity index (χ0v) is 9.18. The van der Waals surface area contributed by atoms with E-state index in [1.165, 1.54) is 7.11 Å². The molecule has 15 heavy (non-hydrogen) atoms. The van der Waals surface area contributed by atoms with Crippen molar-refractivity contribution in [2.45, 2.75) is 26.1 Å². The summed E-state index contributed by atoms with van der Waals surface area (Å²) >= 11 is 0. The number of hydrogen-bond acceptors (Lipinski definition) is 4. The molecule has 1 aliphatic heterocycles. The number of aliphatic hydroxyl groups excluding tert-OH is 1. The van der Waals surface area contributed by atoms with Gasteiger partial charge in [0.2, 0.25) is 0 Å². The molecule has 4 heteroatoms. The Morgan fingerprint density at radius 2 is 2.20 bits per heavy atom. The first-order valence-corrected chi connectivity index (χ1v) is 5.52. The van der Waals surface area contributed by atoms with Crippen molar-refractivity contribution >= 4 is 5.97 Å². The van der Waals surface area contributed by atoms with Gasteiger partial charge in [-0.25, -0.2) is 0 Å². The van der Waals surface area contributed by atoms with E-state index in [4.69, 9.17) is 9.47 Å². The molecule has 2 aliphatic rings. The van der Waals surface area contributed by atoms with Crippen LogP contribution in [0.25, 0.3) is 0 Å². The minimum Gasteiger partial charge on any atom is -0.469 e. The Bertz CT molecular complexity index is 253. The molecule has 4 nitrogen and oxygen atoms in total. The van der Waals surface area contributed by atoms with E-state index in [-0.39, 0.29) is 23.7 Å². The molecule has 2 unspecified atom stereocenters. The van der Waals surface area contributed by atoms with Gasteiger partial charge in [0, 0.05) is 5.92 Å². The van der Waals surface area contributed by atoms with Crippen LogP contribution >= 0.6 is 0 Å². The first-order chi connectivity index (χ1) is 7.15. The van der Waals surface area contributed by atoms with E-state index in [0.29, 0.717) is 12.5 Å². The SMILES string of the molecule is COC(=O)C1COC(O)[C@H]2[C@@H]1CC[C@@H]2C. The van der Waals surface area contributed by atoms with Crippen molar-refractivity contribution in [1.29, 1.82) is 0 Å². The highest BCUT2D eigenvalue weighted by atomic mass is 16.6. The number of aliphatic hydroxyl groups is 1. The molecule has 0 spiro atoms. The van der Waals surface area contributed by atoms with Gasteiger partial charge in [-0.2, -0.15) is 0 Å². The summed E-state index contributed by atoms with van der Waals surface area (Å²) in [6, 6.07) is 0. The van der Waals surface area contributed by atoms with Crippen molar-refractivity contribution in [3.05, 3.63) is 0 Å². The third-order valence-corrected chi connectivity index (χ3v) is 3.90. The Kier molecular flexibility index (Phi) is 2.98. The topological polar surface area (TPSA) is 55.8 Å². The van der Waals surface area contributed by atoms with Crippen LogP contribution in [0.15, 0.2) is 0 Å². The van der Waals surface area contributed by atoms with Gasteiger partial charge in [-0.15, -0.1) is 0 Å². The summed E-state index contributed by atoms with van der Waals surface area (Å²) < 4.78 is 10.0. The molecule has 1 heterocycles. The van der Waals surface area contributed by atoms with Crippen LogP contribution in [0, 0.1) is 23.7 Å². The van der Waals surface area contributed by atoms with E-state index in [1.54, 1.807) is 0 Å². The van der Waals surface area contributed by atoms with E-state index in [9.17, 15) is 9.90 Å². The lowest BCUT2D eigenvalue weighted by atomic mass is 9.79. The molecule has 0 aromatic rings. The Labute approximate surface area is 89.6 Å². The Morgan fingerprint density at radius 3 is 2.87 bits per heavy atom. The van der Waals surface area contributed by atoms with Crippen molar-refractivity contribution < 1.29 is 19.4 Å². The molecule has 5 atom stereocenters. The average Bonchev–Trinajstić information content (AvgIpc) is 2.61. The van der Waals surface area contributed by atoms with E-state index in [2.05, 4.69) is 6.92 Å². The van der Waals surface area contributed by atoms with E-state index in [1.807, 2.05) is 0 Å². The highest BCUT2D eigenvalue weighted by molar-refractivity contribution is 5.73. The normalized spacial score (nSPS) is 44.9. The first kappa shape index (κ1) is 10.9. The largest absolute Gasteiger partial charge is 0.469 e. The molecule has 1 saturated carbocycles. The molecule has 1 N–H and O–H groups in total. The zero-order chi connectivity index (χ0) is 11.0. The molecular weight excluding hydrogens is 196 g/mol. The number of carbonyl (C=O) groups excluding carboxylic acids is 1. The van der Waals surface area contributed by atoms with Crippen LogP contribution in [0.3, 0.4) is 0 Å². The van der Waals surface area contributed by atoms with Gasteiger partial charge in [-0.1, -0.05) is 6.92 Å². The van der Waals surface area contributed by atoms with Gasteiger partial charge in [0.15, 0.2) is 6.29 Å². The van der Waals surface area contributed by atoms with Gasteiger partial charge in [-0.05, 0) is 24.7 Å². The molecule has 0 radical (unpaired) electrons. The maximum atomic E-state index is 11.5. The van der Waals surface area contributed by atoms with Gasteiger partial charge in [0.05, 0.1) is 19.6 Å². The number of methoxy groups -OCH3 is 1. The number of hydrogen-bond donors (Lipinski definition) is 1. The van der Waals surface area contributed by atoms with Crippen LogP contribution in [0.1, 0.15) is 19.8 Å². The number of fused-ring (bicyclic) bond motifs is 1. The fourth-order valence-electron chi connectivity index (χ4n) is 3.06. The second-order valence-corrected chi connectivity index (χ2v) is 4.65. The lowest BCUT2D eigenvalue weighted by Crippen LogP contribution is -2.44. The molecule has 0 aromatic carbocycles. The van der Waals surface area contributed by atoms with Gasteiger partial charge in [0.1, 0.15) is 0 Å². The van der Waals surface area contributed by atoms with E-state index in [0.717, 1.165) is 12.8 Å². The van der Waals surface area contributed by atoms with Gasteiger partial charge < -0.3 is 14.6 Å². The van der Waals surface area contributed by atoms with Crippen LogP contribution in [0.5, 0.6) is 0 Å².